The second kappa shape index (κ2) is 7.82. The number of nitrogens with zero attached hydrogens (tertiary/aromatic N) is 3. The lowest BCUT2D eigenvalue weighted by molar-refractivity contribution is -0.121. The van der Waals surface area contributed by atoms with Gasteiger partial charge in [-0.2, -0.15) is 4.98 Å². The molecule has 0 aliphatic rings. The van der Waals surface area contributed by atoms with Crippen LogP contribution in [-0.2, 0) is 11.2 Å². The summed E-state index contributed by atoms with van der Waals surface area (Å²) in [5, 5.41) is 6.71. The Morgan fingerprint density at radius 2 is 2.04 bits per heavy atom. The van der Waals surface area contributed by atoms with Gasteiger partial charge in [0.05, 0.1) is 0 Å². The lowest BCUT2D eigenvalue weighted by Crippen LogP contribution is -2.38. The average Bonchev–Trinajstić information content (AvgIpc) is 3.00. The molecule has 0 spiro atoms. The van der Waals surface area contributed by atoms with E-state index < -0.39 is 0 Å². The van der Waals surface area contributed by atoms with Crippen LogP contribution >= 0.6 is 0 Å². The van der Waals surface area contributed by atoms with E-state index in [0.717, 1.165) is 0 Å². The monoisotopic (exact) mass is 320 g/mol. The molecule has 1 aromatic heterocycles. The van der Waals surface area contributed by atoms with Gasteiger partial charge in [-0.3, -0.25) is 4.79 Å². The number of hydrogen-bond donors (Lipinski definition) is 1. The third kappa shape index (κ3) is 5.14. The van der Waals surface area contributed by atoms with Crippen LogP contribution in [0.4, 0.5) is 4.39 Å². The molecule has 0 saturated carbocycles. The van der Waals surface area contributed by atoms with E-state index in [4.69, 9.17) is 4.52 Å². The van der Waals surface area contributed by atoms with Gasteiger partial charge in [-0.05, 0) is 45.3 Å². The lowest BCUT2D eigenvalue weighted by Gasteiger charge is -2.19. The minimum absolute atomic E-state index is 0.0553. The van der Waals surface area contributed by atoms with Crippen LogP contribution in [0, 0.1) is 5.82 Å². The van der Waals surface area contributed by atoms with Gasteiger partial charge in [0.1, 0.15) is 5.82 Å². The number of nitrogens with one attached hydrogen (secondary N) is 1. The zero-order valence-electron chi connectivity index (χ0n) is 13.5. The quantitative estimate of drug-likeness (QED) is 0.843. The molecule has 1 atom stereocenters. The molecule has 0 bridgehead atoms. The molecule has 0 unspecified atom stereocenters. The zero-order valence-corrected chi connectivity index (χ0v) is 13.5. The van der Waals surface area contributed by atoms with Gasteiger partial charge in [-0.25, -0.2) is 4.39 Å². The van der Waals surface area contributed by atoms with Crippen LogP contribution in [-0.4, -0.2) is 47.6 Å². The highest BCUT2D eigenvalue weighted by Crippen LogP contribution is 2.16. The van der Waals surface area contributed by atoms with Crippen LogP contribution in [0.2, 0.25) is 0 Å². The summed E-state index contributed by atoms with van der Waals surface area (Å²) < 4.78 is 18.0. The first-order chi connectivity index (χ1) is 11.0. The third-order valence-electron chi connectivity index (χ3n) is 3.61. The molecular weight excluding hydrogens is 299 g/mol. The topological polar surface area (TPSA) is 71.3 Å². The standard InChI is InChI=1S/C16H21FN4O2/c1-11(21(2)3)10-18-14(22)8-9-15-19-16(20-23-15)12-4-6-13(17)7-5-12/h4-7,11H,8-10H2,1-3H3,(H,18,22)/t11-/m0/s1. The van der Waals surface area contributed by atoms with Crippen LogP contribution in [0.25, 0.3) is 11.4 Å². The largest absolute Gasteiger partial charge is 0.355 e. The average molecular weight is 320 g/mol. The van der Waals surface area contributed by atoms with Crippen LogP contribution < -0.4 is 5.32 Å². The summed E-state index contributed by atoms with van der Waals surface area (Å²) in [4.78, 5) is 18.0. The third-order valence-corrected chi connectivity index (χ3v) is 3.61. The number of benzene rings is 1. The number of likely N-dealkylation sites (N-methyl/N-ethyl adjacent to an activating group) is 1. The molecule has 2 rings (SSSR count). The van der Waals surface area contributed by atoms with E-state index in [0.29, 0.717) is 30.2 Å². The van der Waals surface area contributed by atoms with Gasteiger partial charge in [0, 0.05) is 31.0 Å². The second-order valence-corrected chi connectivity index (χ2v) is 5.64. The molecule has 124 valence electrons. The number of halogens is 1. The summed E-state index contributed by atoms with van der Waals surface area (Å²) in [6.07, 6.45) is 0.654. The number of carbonyl (C=O) groups is 1. The van der Waals surface area contributed by atoms with Crippen molar-refractivity contribution in [1.29, 1.82) is 0 Å². The first-order valence-corrected chi connectivity index (χ1v) is 7.47. The smallest absolute Gasteiger partial charge is 0.227 e. The molecule has 0 radical (unpaired) electrons. The van der Waals surface area contributed by atoms with Gasteiger partial charge >= 0.3 is 0 Å². The molecule has 0 aliphatic carbocycles. The summed E-state index contributed by atoms with van der Waals surface area (Å²) in [6, 6.07) is 6.11. The molecule has 0 fully saturated rings. The molecule has 0 aliphatic heterocycles. The normalized spacial score (nSPS) is 12.4. The Bertz CT molecular complexity index is 640. The first kappa shape index (κ1) is 17.1. The highest BCUT2D eigenvalue weighted by Gasteiger charge is 2.12. The summed E-state index contributed by atoms with van der Waals surface area (Å²) in [7, 11) is 3.93. The molecule has 1 aromatic carbocycles. The highest BCUT2D eigenvalue weighted by atomic mass is 19.1. The van der Waals surface area contributed by atoms with Crippen molar-refractivity contribution in [1.82, 2.24) is 20.4 Å². The number of rotatable bonds is 7. The maximum Gasteiger partial charge on any atom is 0.227 e. The van der Waals surface area contributed by atoms with Crippen LogP contribution in [0.5, 0.6) is 0 Å². The summed E-state index contributed by atoms with van der Waals surface area (Å²) in [6.45, 7) is 2.63. The van der Waals surface area contributed by atoms with E-state index in [1.54, 1.807) is 12.1 Å². The fourth-order valence-corrected chi connectivity index (χ4v) is 1.83. The Morgan fingerprint density at radius 1 is 1.35 bits per heavy atom. The van der Waals surface area contributed by atoms with Crippen molar-refractivity contribution in [2.24, 2.45) is 0 Å². The molecule has 1 heterocycles. The SMILES string of the molecule is C[C@@H](CNC(=O)CCc1nc(-c2ccc(F)cc2)no1)N(C)C. The summed E-state index contributed by atoms with van der Waals surface area (Å²) >= 11 is 0. The molecule has 1 amide bonds. The molecule has 23 heavy (non-hydrogen) atoms. The Hall–Kier alpha value is -2.28. The molecular formula is C16H21FN4O2. The van der Waals surface area contributed by atoms with Gasteiger partial charge in [0.25, 0.3) is 0 Å². The van der Waals surface area contributed by atoms with E-state index in [1.807, 2.05) is 25.9 Å². The fraction of sp³-hybridized carbons (Fsp3) is 0.438. The number of hydrogen-bond acceptors (Lipinski definition) is 5. The predicted molar refractivity (Wildman–Crippen MR) is 84.2 cm³/mol. The molecule has 6 nitrogen and oxygen atoms in total. The molecule has 2 aromatic rings. The fourth-order valence-electron chi connectivity index (χ4n) is 1.83. The Morgan fingerprint density at radius 3 is 2.70 bits per heavy atom. The Labute approximate surface area is 134 Å². The maximum atomic E-state index is 12.9. The van der Waals surface area contributed by atoms with Crippen molar-refractivity contribution in [3.05, 3.63) is 36.0 Å². The minimum Gasteiger partial charge on any atom is -0.355 e. The highest BCUT2D eigenvalue weighted by molar-refractivity contribution is 5.76. The van der Waals surface area contributed by atoms with Crippen molar-refractivity contribution in [3.8, 4) is 11.4 Å². The molecule has 7 heteroatoms. The Balaban J connectivity index is 1.83. The van der Waals surface area contributed by atoms with Crippen molar-refractivity contribution in [2.75, 3.05) is 20.6 Å². The second-order valence-electron chi connectivity index (χ2n) is 5.64. The summed E-state index contributed by atoms with van der Waals surface area (Å²) in [5.41, 5.74) is 0.672. The number of aryl methyl sites for hydroxylation is 1. The van der Waals surface area contributed by atoms with Crippen molar-refractivity contribution >= 4 is 5.91 Å². The van der Waals surface area contributed by atoms with E-state index in [9.17, 15) is 9.18 Å². The van der Waals surface area contributed by atoms with Gasteiger partial charge in [-0.1, -0.05) is 5.16 Å². The molecule has 0 saturated heterocycles. The van der Waals surface area contributed by atoms with Gasteiger partial charge in [0.2, 0.25) is 17.6 Å². The number of carbonyl (C=O) groups excluding carboxylic acids is 1. The van der Waals surface area contributed by atoms with E-state index in [2.05, 4.69) is 15.5 Å². The number of amides is 1. The van der Waals surface area contributed by atoms with Gasteiger partial charge < -0.3 is 14.7 Å². The van der Waals surface area contributed by atoms with Crippen LogP contribution in [0.3, 0.4) is 0 Å². The summed E-state index contributed by atoms with van der Waals surface area (Å²) in [5.74, 6) is 0.406. The zero-order chi connectivity index (χ0) is 16.8. The maximum absolute atomic E-state index is 12.9. The minimum atomic E-state index is -0.318. The van der Waals surface area contributed by atoms with Crippen molar-refractivity contribution in [2.45, 2.75) is 25.8 Å². The van der Waals surface area contributed by atoms with Crippen LogP contribution in [0.1, 0.15) is 19.2 Å². The van der Waals surface area contributed by atoms with Crippen molar-refractivity contribution in [3.63, 3.8) is 0 Å². The molecule has 1 N–H and O–H groups in total. The number of aromatic nitrogens is 2. The van der Waals surface area contributed by atoms with Gasteiger partial charge in [0.15, 0.2) is 0 Å². The van der Waals surface area contributed by atoms with E-state index in [1.165, 1.54) is 12.1 Å². The van der Waals surface area contributed by atoms with E-state index >= 15 is 0 Å². The van der Waals surface area contributed by atoms with E-state index in [-0.39, 0.29) is 24.2 Å². The van der Waals surface area contributed by atoms with Crippen molar-refractivity contribution < 1.29 is 13.7 Å². The Kier molecular flexibility index (Phi) is 5.81. The first-order valence-electron chi connectivity index (χ1n) is 7.47. The van der Waals surface area contributed by atoms with Gasteiger partial charge in [-0.15, -0.1) is 0 Å². The predicted octanol–water partition coefficient (Wildman–Crippen LogP) is 1.87. The lowest BCUT2D eigenvalue weighted by atomic mass is 10.2. The van der Waals surface area contributed by atoms with Crippen LogP contribution in [0.15, 0.2) is 28.8 Å².